The summed E-state index contributed by atoms with van der Waals surface area (Å²) in [6, 6.07) is 8.67. The van der Waals surface area contributed by atoms with Crippen LogP contribution in [-0.4, -0.2) is 59.0 Å². The Morgan fingerprint density at radius 2 is 1.94 bits per heavy atom. The van der Waals surface area contributed by atoms with Crippen molar-refractivity contribution in [3.8, 4) is 5.75 Å². The zero-order valence-corrected chi connectivity index (χ0v) is 20.1. The van der Waals surface area contributed by atoms with E-state index >= 15 is 0 Å². The monoisotopic (exact) mass is 508 g/mol. The van der Waals surface area contributed by atoms with Crippen LogP contribution in [0.15, 0.2) is 45.6 Å². The SMILES string of the molecule is CN(CCF)Cc1c(Cc2cccc(NS(=O)[O-])c2F)c(=O)oc2cc(OC(=O)N(C)C)ccc12. The zero-order valence-electron chi connectivity index (χ0n) is 19.3. The molecule has 0 bridgehead atoms. The van der Waals surface area contributed by atoms with Gasteiger partial charge in [-0.1, -0.05) is 12.1 Å². The molecule has 1 heterocycles. The summed E-state index contributed by atoms with van der Waals surface area (Å²) in [6.07, 6.45) is -0.810. The van der Waals surface area contributed by atoms with Crippen LogP contribution in [0.1, 0.15) is 16.7 Å². The molecule has 3 aromatic rings. The number of hydrogen-bond acceptors (Lipinski definition) is 7. The number of rotatable bonds is 9. The van der Waals surface area contributed by atoms with Gasteiger partial charge in [-0.05, 0) is 36.4 Å². The lowest BCUT2D eigenvalue weighted by molar-refractivity contribution is 0.172. The van der Waals surface area contributed by atoms with Crippen LogP contribution in [0, 0.1) is 5.82 Å². The predicted octanol–water partition coefficient (Wildman–Crippen LogP) is 3.19. The molecule has 35 heavy (non-hydrogen) atoms. The van der Waals surface area contributed by atoms with Crippen LogP contribution in [-0.2, 0) is 24.2 Å². The zero-order chi connectivity index (χ0) is 25.7. The Morgan fingerprint density at radius 3 is 2.60 bits per heavy atom. The van der Waals surface area contributed by atoms with Gasteiger partial charge in [0.05, 0.1) is 5.69 Å². The molecule has 0 spiro atoms. The second kappa shape index (κ2) is 11.4. The smallest absolute Gasteiger partial charge is 0.414 e. The third kappa shape index (κ3) is 6.41. The van der Waals surface area contributed by atoms with Crippen LogP contribution in [0.2, 0.25) is 0 Å². The minimum Gasteiger partial charge on any atom is -0.755 e. The molecule has 9 nitrogen and oxygen atoms in total. The third-order valence-electron chi connectivity index (χ3n) is 5.20. The van der Waals surface area contributed by atoms with Gasteiger partial charge in [0.15, 0.2) is 5.82 Å². The summed E-state index contributed by atoms with van der Waals surface area (Å²) in [5.41, 5.74) is -0.169. The number of amides is 1. The highest BCUT2D eigenvalue weighted by Gasteiger charge is 2.20. The van der Waals surface area contributed by atoms with E-state index in [2.05, 4.69) is 0 Å². The molecule has 3 rings (SSSR count). The summed E-state index contributed by atoms with van der Waals surface area (Å²) in [7, 11) is 4.71. The van der Waals surface area contributed by atoms with E-state index in [1.807, 2.05) is 4.72 Å². The van der Waals surface area contributed by atoms with Crippen molar-refractivity contribution in [2.24, 2.45) is 0 Å². The Kier molecular flexibility index (Phi) is 8.54. The van der Waals surface area contributed by atoms with E-state index in [4.69, 9.17) is 9.15 Å². The van der Waals surface area contributed by atoms with Crippen molar-refractivity contribution in [3.05, 3.63) is 69.3 Å². The van der Waals surface area contributed by atoms with E-state index in [0.29, 0.717) is 10.9 Å². The number of benzene rings is 2. The van der Waals surface area contributed by atoms with Gasteiger partial charge in [0.2, 0.25) is 0 Å². The summed E-state index contributed by atoms with van der Waals surface area (Å²) in [6.45, 7) is -0.352. The molecule has 0 aliphatic heterocycles. The summed E-state index contributed by atoms with van der Waals surface area (Å²) >= 11 is -2.73. The second-order valence-corrected chi connectivity index (χ2v) is 8.66. The van der Waals surface area contributed by atoms with Gasteiger partial charge in [-0.15, -0.1) is 0 Å². The van der Waals surface area contributed by atoms with Crippen molar-refractivity contribution in [2.45, 2.75) is 13.0 Å². The molecule has 0 saturated heterocycles. The molecule has 1 N–H and O–H groups in total. The predicted molar refractivity (Wildman–Crippen MR) is 126 cm³/mol. The number of hydrogen-bond donors (Lipinski definition) is 1. The molecule has 0 saturated carbocycles. The highest BCUT2D eigenvalue weighted by molar-refractivity contribution is 7.80. The van der Waals surface area contributed by atoms with E-state index in [1.165, 1.54) is 49.3 Å². The first-order valence-corrected chi connectivity index (χ1v) is 11.5. The molecule has 2 aromatic carbocycles. The van der Waals surface area contributed by atoms with E-state index in [0.717, 1.165) is 0 Å². The molecule has 0 fully saturated rings. The number of nitrogens with zero attached hydrogens (tertiary/aromatic N) is 2. The van der Waals surface area contributed by atoms with Gasteiger partial charge in [0, 0.05) is 61.9 Å². The Hall–Kier alpha value is -3.35. The van der Waals surface area contributed by atoms with E-state index in [9.17, 15) is 27.1 Å². The Bertz CT molecular complexity index is 1310. The highest BCUT2D eigenvalue weighted by atomic mass is 32.2. The van der Waals surface area contributed by atoms with Crippen molar-refractivity contribution in [1.82, 2.24) is 9.80 Å². The number of alkyl halides is 1. The maximum absolute atomic E-state index is 14.9. The van der Waals surface area contributed by atoms with Crippen molar-refractivity contribution in [2.75, 3.05) is 39.1 Å². The average molecular weight is 509 g/mol. The molecule has 0 radical (unpaired) electrons. The van der Waals surface area contributed by atoms with Crippen LogP contribution >= 0.6 is 0 Å². The van der Waals surface area contributed by atoms with Gasteiger partial charge >= 0.3 is 11.7 Å². The average Bonchev–Trinajstić information content (AvgIpc) is 2.78. The molecule has 188 valence electrons. The lowest BCUT2D eigenvalue weighted by Gasteiger charge is -2.19. The maximum Gasteiger partial charge on any atom is 0.414 e. The first-order chi connectivity index (χ1) is 16.6. The van der Waals surface area contributed by atoms with Crippen LogP contribution in [0.3, 0.4) is 0 Å². The maximum atomic E-state index is 14.9. The van der Waals surface area contributed by atoms with Crippen molar-refractivity contribution in [3.63, 3.8) is 0 Å². The lowest BCUT2D eigenvalue weighted by Crippen LogP contribution is -2.25. The van der Waals surface area contributed by atoms with E-state index in [-0.39, 0.29) is 47.7 Å². The molecule has 1 unspecified atom stereocenters. The molecule has 1 amide bonds. The van der Waals surface area contributed by atoms with Crippen LogP contribution in [0.5, 0.6) is 5.75 Å². The fourth-order valence-electron chi connectivity index (χ4n) is 3.47. The first-order valence-electron chi connectivity index (χ1n) is 10.5. The molecule has 1 atom stereocenters. The van der Waals surface area contributed by atoms with Gasteiger partial charge in [0.25, 0.3) is 0 Å². The molecule has 0 aliphatic carbocycles. The van der Waals surface area contributed by atoms with E-state index in [1.54, 1.807) is 18.0 Å². The Labute approximate surface area is 202 Å². The molecule has 0 aliphatic rings. The fraction of sp³-hybridized carbons (Fsp3) is 0.304. The first kappa shape index (κ1) is 26.3. The topological polar surface area (TPSA) is 115 Å². The largest absolute Gasteiger partial charge is 0.755 e. The Morgan fingerprint density at radius 1 is 1.20 bits per heavy atom. The quantitative estimate of drug-likeness (QED) is 0.349. The summed E-state index contributed by atoms with van der Waals surface area (Å²) < 4.78 is 62.5. The standard InChI is InChI=1S/C23H25F2N3O6S/c1-27(2)23(30)33-15-7-8-16-18(13-28(3)10-9-24)17(22(29)34-20(16)12-15)11-14-5-4-6-19(21(14)25)26-35(31)32/h4-8,12,26H,9-11,13H2,1-3H3,(H,31,32)/p-1. The van der Waals surface area contributed by atoms with Gasteiger partial charge in [-0.3, -0.25) is 9.11 Å². The van der Waals surface area contributed by atoms with Gasteiger partial charge in [0.1, 0.15) is 18.0 Å². The number of carbonyl (C=O) groups excluding carboxylic acids is 1. The summed E-state index contributed by atoms with van der Waals surface area (Å²) in [5.74, 6) is -0.671. The molecular formula is C23H24F2N3O6S-. The second-order valence-electron chi connectivity index (χ2n) is 7.99. The normalized spacial score (nSPS) is 12.1. The number of anilines is 1. The number of fused-ring (bicyclic) bond motifs is 1. The van der Waals surface area contributed by atoms with E-state index < -0.39 is 35.5 Å². The summed E-state index contributed by atoms with van der Waals surface area (Å²) in [4.78, 5) is 27.8. The fourth-order valence-corrected chi connectivity index (χ4v) is 3.80. The minimum atomic E-state index is -2.73. The molecule has 1 aromatic heterocycles. The Balaban J connectivity index is 2.11. The van der Waals surface area contributed by atoms with Gasteiger partial charge in [-0.25, -0.2) is 18.4 Å². The van der Waals surface area contributed by atoms with Crippen LogP contribution in [0.4, 0.5) is 19.3 Å². The summed E-state index contributed by atoms with van der Waals surface area (Å²) in [5, 5.41) is 0.505. The number of nitrogens with one attached hydrogen (secondary N) is 1. The van der Waals surface area contributed by atoms with Gasteiger partial charge in [-0.2, -0.15) is 0 Å². The van der Waals surface area contributed by atoms with Crippen molar-refractivity contribution < 1.29 is 31.5 Å². The molecular weight excluding hydrogens is 484 g/mol. The lowest BCUT2D eigenvalue weighted by atomic mass is 9.97. The highest BCUT2D eigenvalue weighted by Crippen LogP contribution is 2.28. The number of carbonyl (C=O) groups is 1. The van der Waals surface area contributed by atoms with Crippen LogP contribution < -0.4 is 15.1 Å². The van der Waals surface area contributed by atoms with Gasteiger partial charge < -0.3 is 23.3 Å². The number of ether oxygens (including phenoxy) is 1. The number of halogens is 2. The van der Waals surface area contributed by atoms with Crippen LogP contribution in [0.25, 0.3) is 11.0 Å². The third-order valence-corrected chi connectivity index (χ3v) is 5.58. The molecule has 12 heteroatoms. The van der Waals surface area contributed by atoms with Crippen molar-refractivity contribution >= 4 is 34.0 Å². The minimum absolute atomic E-state index is 0.0676. The van der Waals surface area contributed by atoms with Crippen molar-refractivity contribution in [1.29, 1.82) is 0 Å².